The predicted octanol–water partition coefficient (Wildman–Crippen LogP) is 2.64. The second-order valence-electron chi connectivity index (χ2n) is 3.87. The van der Waals surface area contributed by atoms with Crippen LogP contribution in [0.4, 0.5) is 0 Å². The van der Waals surface area contributed by atoms with Crippen LogP contribution in [0.25, 0.3) is 16.9 Å². The van der Waals surface area contributed by atoms with Crippen molar-refractivity contribution in [3.05, 3.63) is 60.8 Å². The lowest BCUT2D eigenvalue weighted by molar-refractivity contribution is 0.467. The van der Waals surface area contributed by atoms with Gasteiger partial charge in [0.05, 0.1) is 6.20 Å². The Morgan fingerprint density at radius 2 is 1.61 bits per heavy atom. The quantitative estimate of drug-likeness (QED) is 0.745. The highest BCUT2D eigenvalue weighted by Crippen LogP contribution is 2.21. The van der Waals surface area contributed by atoms with Crippen LogP contribution in [0.3, 0.4) is 0 Å². The van der Waals surface area contributed by atoms with E-state index in [1.165, 1.54) is 4.80 Å². The molecule has 1 N–H and O–H groups in total. The summed E-state index contributed by atoms with van der Waals surface area (Å²) >= 11 is 0. The van der Waals surface area contributed by atoms with E-state index in [1.807, 2.05) is 36.4 Å². The van der Waals surface area contributed by atoms with E-state index in [4.69, 9.17) is 0 Å². The molecule has 88 valence electrons. The van der Waals surface area contributed by atoms with E-state index in [2.05, 4.69) is 10.2 Å². The molecule has 0 aliphatic heterocycles. The summed E-state index contributed by atoms with van der Waals surface area (Å²) in [7, 11) is 0. The number of para-hydroxylation sites is 2. The average molecular weight is 237 g/mol. The van der Waals surface area contributed by atoms with Crippen molar-refractivity contribution in [2.45, 2.75) is 0 Å². The summed E-state index contributed by atoms with van der Waals surface area (Å²) < 4.78 is 0. The second-order valence-corrected chi connectivity index (χ2v) is 3.87. The molecule has 1 heterocycles. The minimum absolute atomic E-state index is 0.160. The van der Waals surface area contributed by atoms with Crippen LogP contribution in [0.5, 0.6) is 5.75 Å². The van der Waals surface area contributed by atoms with Gasteiger partial charge in [-0.1, -0.05) is 42.5 Å². The first kappa shape index (κ1) is 10.5. The molecule has 2 aromatic carbocycles. The molecule has 1 aromatic heterocycles. The lowest BCUT2D eigenvalue weighted by Crippen LogP contribution is -1.98. The summed E-state index contributed by atoms with van der Waals surface area (Å²) in [5.41, 5.74) is 2.35. The Bertz CT molecular complexity index is 662. The van der Waals surface area contributed by atoms with E-state index < -0.39 is 0 Å². The zero-order valence-corrected chi connectivity index (χ0v) is 9.56. The van der Waals surface area contributed by atoms with Crippen molar-refractivity contribution in [3.63, 3.8) is 0 Å². The third-order valence-corrected chi connectivity index (χ3v) is 2.66. The maximum Gasteiger partial charge on any atom is 0.143 e. The normalized spacial score (nSPS) is 10.4. The van der Waals surface area contributed by atoms with Gasteiger partial charge in [0, 0.05) is 5.56 Å². The van der Waals surface area contributed by atoms with Crippen molar-refractivity contribution in [1.82, 2.24) is 15.0 Å². The molecule has 3 rings (SSSR count). The van der Waals surface area contributed by atoms with Gasteiger partial charge in [-0.25, -0.2) is 0 Å². The highest BCUT2D eigenvalue weighted by atomic mass is 16.3. The molecule has 0 saturated heterocycles. The van der Waals surface area contributed by atoms with Gasteiger partial charge in [-0.15, -0.1) is 9.90 Å². The standard InChI is InChI=1S/C14H11N3O/c18-14-9-5-4-8-13(14)17-15-10-12(16-17)11-6-2-1-3-7-11/h1-10,18H. The Kier molecular flexibility index (Phi) is 2.53. The van der Waals surface area contributed by atoms with Gasteiger partial charge in [-0.3, -0.25) is 0 Å². The third-order valence-electron chi connectivity index (χ3n) is 2.66. The predicted molar refractivity (Wildman–Crippen MR) is 68.5 cm³/mol. The van der Waals surface area contributed by atoms with E-state index in [-0.39, 0.29) is 5.75 Å². The molecule has 18 heavy (non-hydrogen) atoms. The van der Waals surface area contributed by atoms with Crippen LogP contribution in [-0.2, 0) is 0 Å². The van der Waals surface area contributed by atoms with E-state index in [9.17, 15) is 5.11 Å². The van der Waals surface area contributed by atoms with Gasteiger partial charge in [-0.05, 0) is 12.1 Å². The number of phenolic OH excluding ortho intramolecular Hbond substituents is 1. The molecule has 0 saturated carbocycles. The highest BCUT2D eigenvalue weighted by molar-refractivity contribution is 5.57. The molecule has 0 fully saturated rings. The first-order valence-corrected chi connectivity index (χ1v) is 5.61. The van der Waals surface area contributed by atoms with Crippen molar-refractivity contribution < 1.29 is 5.11 Å². The van der Waals surface area contributed by atoms with Gasteiger partial charge in [0.2, 0.25) is 0 Å². The Balaban J connectivity index is 2.03. The number of hydrogen-bond donors (Lipinski definition) is 1. The third kappa shape index (κ3) is 1.84. The molecule has 3 aromatic rings. The Labute approximate surface area is 104 Å². The molecule has 0 spiro atoms. The first-order valence-electron chi connectivity index (χ1n) is 5.61. The molecular weight excluding hydrogens is 226 g/mol. The number of nitrogens with zero attached hydrogens (tertiary/aromatic N) is 3. The number of hydrogen-bond acceptors (Lipinski definition) is 3. The van der Waals surface area contributed by atoms with Crippen LogP contribution < -0.4 is 0 Å². The Morgan fingerprint density at radius 3 is 2.39 bits per heavy atom. The van der Waals surface area contributed by atoms with Crippen LogP contribution in [0.15, 0.2) is 60.8 Å². The summed E-state index contributed by atoms with van der Waals surface area (Å²) in [5.74, 6) is 0.160. The Morgan fingerprint density at radius 1 is 0.889 bits per heavy atom. The largest absolute Gasteiger partial charge is 0.506 e. The van der Waals surface area contributed by atoms with Crippen molar-refractivity contribution in [2.24, 2.45) is 0 Å². The topological polar surface area (TPSA) is 50.9 Å². The van der Waals surface area contributed by atoms with Crippen molar-refractivity contribution >= 4 is 0 Å². The summed E-state index contributed by atoms with van der Waals surface area (Å²) in [4.78, 5) is 1.43. The van der Waals surface area contributed by atoms with Gasteiger partial charge in [0.1, 0.15) is 17.1 Å². The summed E-state index contributed by atoms with van der Waals surface area (Å²) in [6, 6.07) is 16.8. The number of rotatable bonds is 2. The number of aromatic hydroxyl groups is 1. The molecule has 4 nitrogen and oxygen atoms in total. The molecule has 0 unspecified atom stereocenters. The maximum absolute atomic E-state index is 9.74. The summed E-state index contributed by atoms with van der Waals surface area (Å²) in [5, 5.41) is 18.3. The van der Waals surface area contributed by atoms with Crippen molar-refractivity contribution in [2.75, 3.05) is 0 Å². The fourth-order valence-electron chi connectivity index (χ4n) is 1.75. The van der Waals surface area contributed by atoms with E-state index >= 15 is 0 Å². The lowest BCUT2D eigenvalue weighted by atomic mass is 10.2. The number of aromatic nitrogens is 3. The van der Waals surface area contributed by atoms with Crippen LogP contribution >= 0.6 is 0 Å². The van der Waals surface area contributed by atoms with Crippen molar-refractivity contribution in [1.29, 1.82) is 0 Å². The van der Waals surface area contributed by atoms with E-state index in [0.29, 0.717) is 5.69 Å². The summed E-state index contributed by atoms with van der Waals surface area (Å²) in [6.07, 6.45) is 1.68. The number of benzene rings is 2. The summed E-state index contributed by atoms with van der Waals surface area (Å²) in [6.45, 7) is 0. The first-order chi connectivity index (χ1) is 8.84. The van der Waals surface area contributed by atoms with Crippen LogP contribution in [0.1, 0.15) is 0 Å². The molecule has 0 radical (unpaired) electrons. The molecule has 0 amide bonds. The van der Waals surface area contributed by atoms with E-state index in [0.717, 1.165) is 11.3 Å². The smallest absolute Gasteiger partial charge is 0.143 e. The SMILES string of the molecule is Oc1ccccc1-n1ncc(-c2ccccc2)n1. The monoisotopic (exact) mass is 237 g/mol. The van der Waals surface area contributed by atoms with Gasteiger partial charge in [-0.2, -0.15) is 5.10 Å². The number of phenols is 1. The second kappa shape index (κ2) is 4.33. The lowest BCUT2D eigenvalue weighted by Gasteiger charge is -2.01. The molecule has 0 aliphatic rings. The van der Waals surface area contributed by atoms with Gasteiger partial charge < -0.3 is 5.11 Å². The van der Waals surface area contributed by atoms with Gasteiger partial charge >= 0.3 is 0 Å². The fraction of sp³-hybridized carbons (Fsp3) is 0. The molecule has 4 heteroatoms. The van der Waals surface area contributed by atoms with Crippen molar-refractivity contribution in [3.8, 4) is 22.7 Å². The minimum atomic E-state index is 0.160. The molecule has 0 bridgehead atoms. The Hall–Kier alpha value is -2.62. The molecule has 0 atom stereocenters. The zero-order valence-electron chi connectivity index (χ0n) is 9.56. The van der Waals surface area contributed by atoms with Crippen LogP contribution in [-0.4, -0.2) is 20.1 Å². The fourth-order valence-corrected chi connectivity index (χ4v) is 1.75. The molecule has 0 aliphatic carbocycles. The molecular formula is C14H11N3O. The van der Waals surface area contributed by atoms with Crippen LogP contribution in [0.2, 0.25) is 0 Å². The minimum Gasteiger partial charge on any atom is -0.506 e. The van der Waals surface area contributed by atoms with Crippen LogP contribution in [0, 0.1) is 0 Å². The van der Waals surface area contributed by atoms with Gasteiger partial charge in [0.25, 0.3) is 0 Å². The average Bonchev–Trinajstić information content (AvgIpc) is 2.90. The van der Waals surface area contributed by atoms with E-state index in [1.54, 1.807) is 24.4 Å². The highest BCUT2D eigenvalue weighted by Gasteiger charge is 2.07. The maximum atomic E-state index is 9.74. The van der Waals surface area contributed by atoms with Gasteiger partial charge in [0.15, 0.2) is 0 Å². The zero-order chi connectivity index (χ0) is 12.4.